The summed E-state index contributed by atoms with van der Waals surface area (Å²) in [5, 5.41) is 12.9. The molecular weight excluding hydrogens is 406 g/mol. The van der Waals surface area contributed by atoms with E-state index in [9.17, 15) is 9.90 Å². The van der Waals surface area contributed by atoms with Crippen LogP contribution in [0.25, 0.3) is 0 Å². The number of carbonyl (C=O) groups is 1. The number of amides is 1. The fraction of sp³-hybridized carbons (Fsp3) is 0.520. The van der Waals surface area contributed by atoms with Crippen molar-refractivity contribution in [3.63, 3.8) is 0 Å². The van der Waals surface area contributed by atoms with E-state index >= 15 is 0 Å². The topological polar surface area (TPSA) is 83.9 Å². The number of methoxy groups -OCH3 is 1. The molecule has 2 aromatic rings. The Morgan fingerprint density at radius 1 is 1.31 bits per heavy atom. The van der Waals surface area contributed by atoms with Gasteiger partial charge in [-0.3, -0.25) is 14.7 Å². The van der Waals surface area contributed by atoms with E-state index in [1.165, 1.54) is 0 Å². The quantitative estimate of drug-likeness (QED) is 0.658. The van der Waals surface area contributed by atoms with Gasteiger partial charge in [0.2, 0.25) is 5.91 Å². The number of aliphatic hydroxyl groups excluding tert-OH is 1. The molecule has 0 unspecified atom stereocenters. The molecule has 2 aliphatic rings. The van der Waals surface area contributed by atoms with Crippen molar-refractivity contribution in [1.82, 2.24) is 15.2 Å². The standard InChI is InChI=1S/C25H33N3O4/c1-31-22-10-9-18(14-20(22)17-29)15-28-12-4-6-19(16-28)24(21-7-2-3-11-26-21)27-25(30)23-8-5-13-32-23/h2-3,7,9-11,14,19,23-24,29H,4-6,8,12-13,15-17H2,1H3,(H,27,30)/t19-,23+,24-/m0/s1. The van der Waals surface area contributed by atoms with Gasteiger partial charge in [0, 0.05) is 31.5 Å². The molecule has 4 rings (SSSR count). The van der Waals surface area contributed by atoms with Gasteiger partial charge in [-0.25, -0.2) is 0 Å². The molecule has 7 nitrogen and oxygen atoms in total. The zero-order valence-corrected chi connectivity index (χ0v) is 18.7. The summed E-state index contributed by atoms with van der Waals surface area (Å²) in [7, 11) is 1.62. The van der Waals surface area contributed by atoms with Gasteiger partial charge >= 0.3 is 0 Å². The predicted octanol–water partition coefficient (Wildman–Crippen LogP) is 2.83. The lowest BCUT2D eigenvalue weighted by Gasteiger charge is -2.37. The fourth-order valence-electron chi connectivity index (χ4n) is 4.84. The molecule has 7 heteroatoms. The SMILES string of the molecule is COc1ccc(CN2CCC[C@H]([C@H](NC(=O)[C@H]3CCCO3)c3ccccn3)C2)cc1CO. The summed E-state index contributed by atoms with van der Waals surface area (Å²) < 4.78 is 10.9. The second-order valence-electron chi connectivity index (χ2n) is 8.68. The van der Waals surface area contributed by atoms with Crippen molar-refractivity contribution in [3.8, 4) is 5.75 Å². The number of carbonyl (C=O) groups excluding carboxylic acids is 1. The van der Waals surface area contributed by atoms with Crippen LogP contribution in [0.15, 0.2) is 42.6 Å². The third-order valence-corrected chi connectivity index (χ3v) is 6.46. The molecule has 0 saturated carbocycles. The Morgan fingerprint density at radius 2 is 2.22 bits per heavy atom. The molecule has 0 radical (unpaired) electrons. The van der Waals surface area contributed by atoms with Crippen LogP contribution in [-0.4, -0.2) is 53.8 Å². The lowest BCUT2D eigenvalue weighted by Crippen LogP contribution is -2.45. The maximum absolute atomic E-state index is 12.9. The number of benzene rings is 1. The minimum absolute atomic E-state index is 0.0296. The van der Waals surface area contributed by atoms with Crippen LogP contribution in [0.1, 0.15) is 48.5 Å². The maximum Gasteiger partial charge on any atom is 0.249 e. The number of nitrogens with zero attached hydrogens (tertiary/aromatic N) is 2. The minimum atomic E-state index is -0.350. The molecule has 2 saturated heterocycles. The number of aromatic nitrogens is 1. The van der Waals surface area contributed by atoms with Gasteiger partial charge in [-0.2, -0.15) is 0 Å². The Morgan fingerprint density at radius 3 is 2.94 bits per heavy atom. The molecule has 2 aliphatic heterocycles. The number of nitrogens with one attached hydrogen (secondary N) is 1. The number of ether oxygens (including phenoxy) is 2. The second kappa shape index (κ2) is 10.9. The second-order valence-corrected chi connectivity index (χ2v) is 8.68. The number of likely N-dealkylation sites (tertiary alicyclic amines) is 1. The van der Waals surface area contributed by atoms with Gasteiger partial charge < -0.3 is 19.9 Å². The summed E-state index contributed by atoms with van der Waals surface area (Å²) in [5.41, 5.74) is 2.85. The van der Waals surface area contributed by atoms with E-state index in [0.29, 0.717) is 12.4 Å². The summed E-state index contributed by atoms with van der Waals surface area (Å²) in [6, 6.07) is 11.7. The predicted molar refractivity (Wildman–Crippen MR) is 121 cm³/mol. The van der Waals surface area contributed by atoms with Gasteiger partial charge in [0.25, 0.3) is 0 Å². The Bertz CT molecular complexity index is 886. The monoisotopic (exact) mass is 439 g/mol. The number of hydrogen-bond acceptors (Lipinski definition) is 6. The average Bonchev–Trinajstić information content (AvgIpc) is 3.38. The Labute approximate surface area is 189 Å². The van der Waals surface area contributed by atoms with E-state index in [4.69, 9.17) is 9.47 Å². The molecule has 1 aromatic heterocycles. The van der Waals surface area contributed by atoms with Gasteiger partial charge in [0.15, 0.2) is 0 Å². The first-order chi connectivity index (χ1) is 15.7. The Kier molecular flexibility index (Phi) is 7.73. The number of pyridine rings is 1. The van der Waals surface area contributed by atoms with Crippen LogP contribution >= 0.6 is 0 Å². The third-order valence-electron chi connectivity index (χ3n) is 6.46. The van der Waals surface area contributed by atoms with Crippen molar-refractivity contribution in [2.24, 2.45) is 5.92 Å². The minimum Gasteiger partial charge on any atom is -0.496 e. The molecular formula is C25H33N3O4. The molecule has 1 aromatic carbocycles. The van der Waals surface area contributed by atoms with Crippen LogP contribution in [0.5, 0.6) is 5.75 Å². The molecule has 32 heavy (non-hydrogen) atoms. The number of rotatable bonds is 8. The van der Waals surface area contributed by atoms with Gasteiger partial charge in [-0.05, 0) is 68.0 Å². The zero-order chi connectivity index (χ0) is 22.3. The Hall–Kier alpha value is -2.48. The van der Waals surface area contributed by atoms with Crippen LogP contribution in [0.2, 0.25) is 0 Å². The van der Waals surface area contributed by atoms with Gasteiger partial charge in [-0.1, -0.05) is 12.1 Å². The van der Waals surface area contributed by atoms with Crippen LogP contribution in [-0.2, 0) is 22.7 Å². The van der Waals surface area contributed by atoms with Crippen molar-refractivity contribution in [3.05, 3.63) is 59.4 Å². The summed E-state index contributed by atoms with van der Waals surface area (Å²) >= 11 is 0. The highest BCUT2D eigenvalue weighted by atomic mass is 16.5. The fourth-order valence-corrected chi connectivity index (χ4v) is 4.84. The largest absolute Gasteiger partial charge is 0.496 e. The molecule has 3 heterocycles. The highest BCUT2D eigenvalue weighted by Gasteiger charge is 2.33. The van der Waals surface area contributed by atoms with Crippen molar-refractivity contribution >= 4 is 5.91 Å². The first-order valence-electron chi connectivity index (χ1n) is 11.5. The van der Waals surface area contributed by atoms with E-state index in [-0.39, 0.29) is 30.6 Å². The number of hydrogen-bond donors (Lipinski definition) is 2. The summed E-state index contributed by atoms with van der Waals surface area (Å²) in [5.74, 6) is 0.942. The van der Waals surface area contributed by atoms with E-state index in [0.717, 1.165) is 62.1 Å². The average molecular weight is 440 g/mol. The Balaban J connectivity index is 1.47. The lowest BCUT2D eigenvalue weighted by atomic mass is 9.88. The van der Waals surface area contributed by atoms with Gasteiger partial charge in [0.1, 0.15) is 11.9 Å². The maximum atomic E-state index is 12.9. The van der Waals surface area contributed by atoms with Crippen molar-refractivity contribution in [2.45, 2.75) is 51.0 Å². The molecule has 2 N–H and O–H groups in total. The normalized spacial score (nSPS) is 22.4. The van der Waals surface area contributed by atoms with Gasteiger partial charge in [-0.15, -0.1) is 0 Å². The summed E-state index contributed by atoms with van der Waals surface area (Å²) in [4.78, 5) is 19.9. The van der Waals surface area contributed by atoms with E-state index in [2.05, 4.69) is 21.3 Å². The molecule has 2 fully saturated rings. The van der Waals surface area contributed by atoms with Crippen molar-refractivity contribution in [2.75, 3.05) is 26.8 Å². The molecule has 0 spiro atoms. The molecule has 172 valence electrons. The highest BCUT2D eigenvalue weighted by molar-refractivity contribution is 5.81. The van der Waals surface area contributed by atoms with Crippen LogP contribution in [0.3, 0.4) is 0 Å². The van der Waals surface area contributed by atoms with Crippen molar-refractivity contribution < 1.29 is 19.4 Å². The first kappa shape index (κ1) is 22.7. The molecule has 0 aliphatic carbocycles. The van der Waals surface area contributed by atoms with E-state index < -0.39 is 0 Å². The molecule has 3 atom stereocenters. The molecule has 0 bridgehead atoms. The van der Waals surface area contributed by atoms with Crippen molar-refractivity contribution in [1.29, 1.82) is 0 Å². The summed E-state index contributed by atoms with van der Waals surface area (Å²) in [6.45, 7) is 3.28. The zero-order valence-electron chi connectivity index (χ0n) is 18.7. The lowest BCUT2D eigenvalue weighted by molar-refractivity contribution is -0.131. The van der Waals surface area contributed by atoms with Gasteiger partial charge in [0.05, 0.1) is 25.5 Å². The molecule has 1 amide bonds. The van der Waals surface area contributed by atoms with Crippen LogP contribution in [0, 0.1) is 5.92 Å². The van der Waals surface area contributed by atoms with E-state index in [1.54, 1.807) is 13.3 Å². The van der Waals surface area contributed by atoms with E-state index in [1.807, 2.05) is 30.3 Å². The smallest absolute Gasteiger partial charge is 0.249 e. The van der Waals surface area contributed by atoms with Crippen LogP contribution in [0.4, 0.5) is 0 Å². The third kappa shape index (κ3) is 5.46. The number of aliphatic hydroxyl groups is 1. The van der Waals surface area contributed by atoms with Crippen LogP contribution < -0.4 is 10.1 Å². The first-order valence-corrected chi connectivity index (χ1v) is 11.5. The summed E-state index contributed by atoms with van der Waals surface area (Å²) in [6.07, 6.45) is 5.25. The highest BCUT2D eigenvalue weighted by Crippen LogP contribution is 2.31. The number of piperidine rings is 1.